The molecule has 2 saturated heterocycles. The molecule has 2 aliphatic heterocycles. The fraction of sp³-hybridized carbons (Fsp3) is 0.565. The van der Waals surface area contributed by atoms with Crippen molar-refractivity contribution in [3.63, 3.8) is 0 Å². The summed E-state index contributed by atoms with van der Waals surface area (Å²) in [5.74, 6) is 2.22. The number of benzene rings is 1. The molecule has 6 nitrogen and oxygen atoms in total. The predicted octanol–water partition coefficient (Wildman–Crippen LogP) is 2.68. The van der Waals surface area contributed by atoms with Gasteiger partial charge in [-0.15, -0.1) is 0 Å². The maximum atomic E-state index is 12.8. The lowest BCUT2D eigenvalue weighted by atomic mass is 9.57. The minimum Gasteiger partial charge on any atom is -0.441 e. The van der Waals surface area contributed by atoms with Crippen molar-refractivity contribution in [1.29, 1.82) is 0 Å². The molecular formula is C23H30N4O2. The van der Waals surface area contributed by atoms with Crippen LogP contribution in [-0.4, -0.2) is 59.5 Å². The fourth-order valence-corrected chi connectivity index (χ4v) is 5.31. The Morgan fingerprint density at radius 2 is 2.03 bits per heavy atom. The summed E-state index contributed by atoms with van der Waals surface area (Å²) in [5, 5.41) is 3.41. The summed E-state index contributed by atoms with van der Waals surface area (Å²) in [4.78, 5) is 22.0. The van der Waals surface area contributed by atoms with Crippen LogP contribution in [0.2, 0.25) is 0 Å². The normalized spacial score (nSPS) is 24.3. The van der Waals surface area contributed by atoms with Gasteiger partial charge in [0.2, 0.25) is 11.8 Å². The van der Waals surface area contributed by atoms with Gasteiger partial charge in [-0.2, -0.15) is 0 Å². The highest BCUT2D eigenvalue weighted by Gasteiger charge is 2.54. The van der Waals surface area contributed by atoms with E-state index in [0.29, 0.717) is 23.3 Å². The zero-order chi connectivity index (χ0) is 20.0. The number of nitrogens with zero attached hydrogens (tertiary/aromatic N) is 3. The van der Waals surface area contributed by atoms with Crippen LogP contribution < -0.4 is 5.32 Å². The Balaban J connectivity index is 1.13. The summed E-state index contributed by atoms with van der Waals surface area (Å²) in [6.07, 6.45) is 2.10. The second-order valence-corrected chi connectivity index (χ2v) is 9.28. The minimum atomic E-state index is 0.237. The quantitative estimate of drug-likeness (QED) is 0.864. The predicted molar refractivity (Wildman–Crippen MR) is 111 cm³/mol. The molecular weight excluding hydrogens is 364 g/mol. The third kappa shape index (κ3) is 3.60. The van der Waals surface area contributed by atoms with E-state index in [1.54, 1.807) is 0 Å². The highest BCUT2D eigenvalue weighted by atomic mass is 16.4. The highest BCUT2D eigenvalue weighted by Crippen LogP contribution is 2.52. The summed E-state index contributed by atoms with van der Waals surface area (Å²) in [6, 6.07) is 10.5. The molecule has 3 heterocycles. The Hall–Kier alpha value is -2.18. The number of hydrogen-bond donors (Lipinski definition) is 1. The standard InChI is InChI=1S/C23H30N4O2/c1-16-12-27(9-8-24-16)22(28)19-10-23(11-19)14-26(15-23)13-20-17(2)29-21(25-20)18-6-4-3-5-7-18/h3-7,16,19,24H,8-15H2,1-2H3/t16-/m0/s1. The third-order valence-corrected chi connectivity index (χ3v) is 6.79. The van der Waals surface area contributed by atoms with Gasteiger partial charge in [-0.05, 0) is 44.2 Å². The van der Waals surface area contributed by atoms with Crippen molar-refractivity contribution >= 4 is 5.91 Å². The number of carbonyl (C=O) groups is 1. The Labute approximate surface area is 172 Å². The van der Waals surface area contributed by atoms with Crippen LogP contribution in [0.1, 0.15) is 31.2 Å². The van der Waals surface area contributed by atoms with Gasteiger partial charge in [-0.25, -0.2) is 4.98 Å². The van der Waals surface area contributed by atoms with Gasteiger partial charge in [-0.1, -0.05) is 18.2 Å². The molecule has 5 rings (SSSR count). The number of oxazole rings is 1. The number of nitrogens with one attached hydrogen (secondary N) is 1. The molecule has 1 spiro atoms. The van der Waals surface area contributed by atoms with Crippen molar-refractivity contribution in [3.8, 4) is 11.5 Å². The average molecular weight is 395 g/mol. The number of hydrogen-bond acceptors (Lipinski definition) is 5. The maximum Gasteiger partial charge on any atom is 0.226 e. The lowest BCUT2D eigenvalue weighted by molar-refractivity contribution is -0.156. The van der Waals surface area contributed by atoms with E-state index in [9.17, 15) is 4.79 Å². The van der Waals surface area contributed by atoms with E-state index in [4.69, 9.17) is 9.40 Å². The van der Waals surface area contributed by atoms with Crippen molar-refractivity contribution in [2.45, 2.75) is 39.3 Å². The van der Waals surface area contributed by atoms with Crippen LogP contribution >= 0.6 is 0 Å². The molecule has 0 unspecified atom stereocenters. The number of aryl methyl sites for hydroxylation is 1. The van der Waals surface area contributed by atoms with Crippen LogP contribution in [0.15, 0.2) is 34.7 Å². The van der Waals surface area contributed by atoms with E-state index in [-0.39, 0.29) is 5.92 Å². The van der Waals surface area contributed by atoms with E-state index in [1.807, 2.05) is 37.3 Å². The highest BCUT2D eigenvalue weighted by molar-refractivity contribution is 5.80. The molecule has 1 aromatic carbocycles. The zero-order valence-electron chi connectivity index (χ0n) is 17.4. The molecule has 1 aliphatic carbocycles. The first kappa shape index (κ1) is 18.8. The lowest BCUT2D eigenvalue weighted by Gasteiger charge is -2.59. The number of aromatic nitrogens is 1. The van der Waals surface area contributed by atoms with Crippen LogP contribution in [0.4, 0.5) is 0 Å². The number of likely N-dealkylation sites (tertiary alicyclic amines) is 1. The van der Waals surface area contributed by atoms with Crippen LogP contribution in [0, 0.1) is 18.3 Å². The molecule has 1 N–H and O–H groups in total. The average Bonchev–Trinajstić information content (AvgIpc) is 3.03. The Bertz CT molecular complexity index is 880. The SMILES string of the molecule is Cc1oc(-c2ccccc2)nc1CN1CC2(CC(C(=O)N3CCN[C@@H](C)C3)C2)C1. The summed E-state index contributed by atoms with van der Waals surface area (Å²) in [7, 11) is 0. The van der Waals surface area contributed by atoms with E-state index < -0.39 is 0 Å². The van der Waals surface area contributed by atoms with E-state index in [1.165, 1.54) is 0 Å². The Kier molecular flexibility index (Phi) is 4.71. The second-order valence-electron chi connectivity index (χ2n) is 9.28. The Morgan fingerprint density at radius 3 is 2.76 bits per heavy atom. The summed E-state index contributed by atoms with van der Waals surface area (Å²) in [5.41, 5.74) is 2.41. The minimum absolute atomic E-state index is 0.237. The number of rotatable bonds is 4. The van der Waals surface area contributed by atoms with Crippen molar-refractivity contribution < 1.29 is 9.21 Å². The molecule has 0 bridgehead atoms. The largest absolute Gasteiger partial charge is 0.441 e. The zero-order valence-corrected chi connectivity index (χ0v) is 17.4. The lowest BCUT2D eigenvalue weighted by Crippen LogP contribution is -2.64. The molecule has 1 amide bonds. The molecule has 6 heteroatoms. The van der Waals surface area contributed by atoms with Gasteiger partial charge in [-0.3, -0.25) is 9.69 Å². The first-order chi connectivity index (χ1) is 14.0. The molecule has 154 valence electrons. The molecule has 29 heavy (non-hydrogen) atoms. The first-order valence-electron chi connectivity index (χ1n) is 10.8. The van der Waals surface area contributed by atoms with Crippen molar-refractivity contribution in [2.75, 3.05) is 32.7 Å². The van der Waals surface area contributed by atoms with Gasteiger partial charge in [0, 0.05) is 56.8 Å². The topological polar surface area (TPSA) is 61.6 Å². The maximum absolute atomic E-state index is 12.8. The number of carbonyl (C=O) groups excluding carboxylic acids is 1. The fourth-order valence-electron chi connectivity index (χ4n) is 5.31. The summed E-state index contributed by atoms with van der Waals surface area (Å²) < 4.78 is 5.89. The number of amides is 1. The van der Waals surface area contributed by atoms with Gasteiger partial charge < -0.3 is 14.6 Å². The molecule has 1 aromatic heterocycles. The van der Waals surface area contributed by atoms with E-state index in [0.717, 1.165) is 69.1 Å². The van der Waals surface area contributed by atoms with Gasteiger partial charge >= 0.3 is 0 Å². The molecule has 1 saturated carbocycles. The monoisotopic (exact) mass is 394 g/mol. The van der Waals surface area contributed by atoms with Gasteiger partial charge in [0.1, 0.15) is 5.76 Å². The smallest absolute Gasteiger partial charge is 0.226 e. The molecule has 0 radical (unpaired) electrons. The molecule has 3 aliphatic rings. The summed E-state index contributed by atoms with van der Waals surface area (Å²) >= 11 is 0. The summed E-state index contributed by atoms with van der Waals surface area (Å²) in [6.45, 7) is 9.75. The number of piperazine rings is 1. The molecule has 2 aromatic rings. The van der Waals surface area contributed by atoms with Crippen molar-refractivity contribution in [2.24, 2.45) is 11.3 Å². The van der Waals surface area contributed by atoms with Crippen molar-refractivity contribution in [3.05, 3.63) is 41.8 Å². The van der Waals surface area contributed by atoms with Crippen LogP contribution in [0.3, 0.4) is 0 Å². The molecule has 1 atom stereocenters. The van der Waals surface area contributed by atoms with E-state index in [2.05, 4.69) is 22.0 Å². The van der Waals surface area contributed by atoms with Gasteiger partial charge in [0.05, 0.1) is 5.69 Å². The van der Waals surface area contributed by atoms with Crippen LogP contribution in [-0.2, 0) is 11.3 Å². The van der Waals surface area contributed by atoms with Gasteiger partial charge in [0.15, 0.2) is 0 Å². The van der Waals surface area contributed by atoms with Gasteiger partial charge in [0.25, 0.3) is 0 Å². The Morgan fingerprint density at radius 1 is 1.28 bits per heavy atom. The first-order valence-corrected chi connectivity index (χ1v) is 10.8. The molecule has 3 fully saturated rings. The van der Waals surface area contributed by atoms with E-state index >= 15 is 0 Å². The third-order valence-electron chi connectivity index (χ3n) is 6.79. The second kappa shape index (κ2) is 7.26. The van der Waals surface area contributed by atoms with Crippen LogP contribution in [0.5, 0.6) is 0 Å². The van der Waals surface area contributed by atoms with Crippen LogP contribution in [0.25, 0.3) is 11.5 Å². The van der Waals surface area contributed by atoms with Crippen molar-refractivity contribution in [1.82, 2.24) is 20.1 Å².